The summed E-state index contributed by atoms with van der Waals surface area (Å²) in [5.41, 5.74) is 0. The first-order valence-corrected chi connectivity index (χ1v) is 6.21. The summed E-state index contributed by atoms with van der Waals surface area (Å²) in [6.45, 7) is 6.70. The lowest BCUT2D eigenvalue weighted by Crippen LogP contribution is -2.58. The molecule has 0 aromatic heterocycles. The van der Waals surface area contributed by atoms with Crippen molar-refractivity contribution in [3.05, 3.63) is 0 Å². The molecule has 3 unspecified atom stereocenters. The van der Waals surface area contributed by atoms with Crippen LogP contribution in [-0.4, -0.2) is 36.1 Å². The summed E-state index contributed by atoms with van der Waals surface area (Å²) in [6.07, 6.45) is 9.49. The average Bonchev–Trinajstić information content (AvgIpc) is 3.06. The van der Waals surface area contributed by atoms with E-state index in [1.54, 1.807) is 0 Å². The van der Waals surface area contributed by atoms with Crippen LogP contribution in [0.15, 0.2) is 0 Å². The average molecular weight is 206 g/mol. The van der Waals surface area contributed by atoms with E-state index in [1.165, 1.54) is 12.8 Å². The molecule has 2 heteroatoms. The van der Waals surface area contributed by atoms with Crippen molar-refractivity contribution in [3.63, 3.8) is 0 Å². The molecular formula is C13H22N2. The molecule has 1 N–H and O–H groups in total. The second kappa shape index (κ2) is 4.55. The molecule has 3 atom stereocenters. The number of nitrogens with zero attached hydrogens (tertiary/aromatic N) is 1. The summed E-state index contributed by atoms with van der Waals surface area (Å²) < 4.78 is 0. The normalized spacial score (nSPS) is 34.7. The van der Waals surface area contributed by atoms with Gasteiger partial charge in [-0.2, -0.15) is 0 Å². The summed E-state index contributed by atoms with van der Waals surface area (Å²) in [6, 6.07) is 1.62. The highest BCUT2D eigenvalue weighted by molar-refractivity contribution is 5.04. The molecule has 2 fully saturated rings. The van der Waals surface area contributed by atoms with Crippen LogP contribution in [0.5, 0.6) is 0 Å². The maximum Gasteiger partial charge on any atom is 0.0712 e. The first-order valence-electron chi connectivity index (χ1n) is 6.21. The van der Waals surface area contributed by atoms with Gasteiger partial charge >= 0.3 is 0 Å². The van der Waals surface area contributed by atoms with E-state index < -0.39 is 0 Å². The highest BCUT2D eigenvalue weighted by Gasteiger charge is 2.37. The summed E-state index contributed by atoms with van der Waals surface area (Å²) in [5, 5.41) is 3.65. The van der Waals surface area contributed by atoms with Crippen molar-refractivity contribution < 1.29 is 0 Å². The van der Waals surface area contributed by atoms with E-state index in [0.29, 0.717) is 18.1 Å². The molecule has 1 heterocycles. The topological polar surface area (TPSA) is 15.3 Å². The lowest BCUT2D eigenvalue weighted by molar-refractivity contribution is 0.107. The third kappa shape index (κ3) is 2.35. The van der Waals surface area contributed by atoms with E-state index in [1.807, 2.05) is 0 Å². The lowest BCUT2D eigenvalue weighted by Gasteiger charge is -2.41. The van der Waals surface area contributed by atoms with Crippen LogP contribution in [0.4, 0.5) is 0 Å². The van der Waals surface area contributed by atoms with Crippen LogP contribution in [-0.2, 0) is 0 Å². The molecule has 15 heavy (non-hydrogen) atoms. The first kappa shape index (κ1) is 11.0. The molecule has 0 spiro atoms. The fraction of sp³-hybridized carbons (Fsp3) is 0.846. The molecule has 0 aromatic carbocycles. The van der Waals surface area contributed by atoms with Crippen LogP contribution in [0.3, 0.4) is 0 Å². The molecular weight excluding hydrogens is 184 g/mol. The predicted molar refractivity (Wildman–Crippen MR) is 63.6 cm³/mol. The second-order valence-corrected chi connectivity index (χ2v) is 4.99. The monoisotopic (exact) mass is 206 g/mol. The largest absolute Gasteiger partial charge is 0.311 e. The van der Waals surface area contributed by atoms with Gasteiger partial charge in [-0.3, -0.25) is 4.90 Å². The molecule has 1 aliphatic heterocycles. The number of piperazine rings is 1. The van der Waals surface area contributed by atoms with E-state index in [0.717, 1.165) is 25.4 Å². The summed E-state index contributed by atoms with van der Waals surface area (Å²) in [7, 11) is 0. The smallest absolute Gasteiger partial charge is 0.0712 e. The predicted octanol–water partition coefficient (Wildman–Crippen LogP) is 1.47. The zero-order chi connectivity index (χ0) is 10.8. The molecule has 2 rings (SSSR count). The van der Waals surface area contributed by atoms with Crippen LogP contribution in [0, 0.1) is 18.3 Å². The van der Waals surface area contributed by atoms with Gasteiger partial charge in [-0.25, -0.2) is 0 Å². The zero-order valence-electron chi connectivity index (χ0n) is 9.87. The van der Waals surface area contributed by atoms with Gasteiger partial charge in [0, 0.05) is 25.2 Å². The Morgan fingerprint density at radius 1 is 1.53 bits per heavy atom. The van der Waals surface area contributed by atoms with Gasteiger partial charge in [0.15, 0.2) is 0 Å². The third-order valence-electron chi connectivity index (χ3n) is 3.82. The molecule has 1 aliphatic carbocycles. The van der Waals surface area contributed by atoms with Gasteiger partial charge in [0.1, 0.15) is 0 Å². The Labute approximate surface area is 93.4 Å². The number of rotatable bonds is 3. The molecule has 2 aliphatic rings. The summed E-state index contributed by atoms with van der Waals surface area (Å²) in [4.78, 5) is 2.51. The standard InChI is InChI=1S/C13H22N2/c1-4-12(5-2)15-9-13(11-6-7-11)14-8-10(15)3/h1,10-14H,5-9H2,2-3H3. The van der Waals surface area contributed by atoms with Gasteiger partial charge in [0.2, 0.25) is 0 Å². The third-order valence-corrected chi connectivity index (χ3v) is 3.82. The van der Waals surface area contributed by atoms with Crippen molar-refractivity contribution in [1.29, 1.82) is 0 Å². The zero-order valence-corrected chi connectivity index (χ0v) is 9.87. The molecule has 0 bridgehead atoms. The Hall–Kier alpha value is -0.520. The Kier molecular flexibility index (Phi) is 3.33. The van der Waals surface area contributed by atoms with Gasteiger partial charge < -0.3 is 5.32 Å². The van der Waals surface area contributed by atoms with E-state index in [-0.39, 0.29) is 0 Å². The molecule has 1 saturated carbocycles. The maximum atomic E-state index is 5.60. The molecule has 1 saturated heterocycles. The highest BCUT2D eigenvalue weighted by atomic mass is 15.2. The number of hydrogen-bond acceptors (Lipinski definition) is 2. The Morgan fingerprint density at radius 2 is 2.27 bits per heavy atom. The summed E-state index contributed by atoms with van der Waals surface area (Å²) in [5.74, 6) is 3.86. The van der Waals surface area contributed by atoms with Crippen LogP contribution in [0.25, 0.3) is 0 Å². The Balaban J connectivity index is 1.97. The van der Waals surface area contributed by atoms with Crippen molar-refractivity contribution in [2.45, 2.75) is 51.2 Å². The maximum absolute atomic E-state index is 5.60. The van der Waals surface area contributed by atoms with Crippen molar-refractivity contribution in [3.8, 4) is 12.3 Å². The minimum absolute atomic E-state index is 0.336. The van der Waals surface area contributed by atoms with E-state index >= 15 is 0 Å². The van der Waals surface area contributed by atoms with Crippen molar-refractivity contribution >= 4 is 0 Å². The minimum Gasteiger partial charge on any atom is -0.311 e. The molecule has 2 nitrogen and oxygen atoms in total. The molecule has 84 valence electrons. The number of hydrogen-bond donors (Lipinski definition) is 1. The van der Waals surface area contributed by atoms with Crippen molar-refractivity contribution in [1.82, 2.24) is 10.2 Å². The molecule has 0 aromatic rings. The van der Waals surface area contributed by atoms with Crippen LogP contribution < -0.4 is 5.32 Å². The van der Waals surface area contributed by atoms with Crippen LogP contribution >= 0.6 is 0 Å². The minimum atomic E-state index is 0.336. The van der Waals surface area contributed by atoms with Crippen LogP contribution in [0.2, 0.25) is 0 Å². The second-order valence-electron chi connectivity index (χ2n) is 4.99. The Bertz CT molecular complexity index is 252. The molecule has 0 radical (unpaired) electrons. The number of terminal acetylenes is 1. The van der Waals surface area contributed by atoms with E-state index in [2.05, 4.69) is 30.0 Å². The SMILES string of the molecule is C#CC(CC)N1CC(C2CC2)NCC1C. The number of nitrogens with one attached hydrogen (secondary N) is 1. The molecule has 0 amide bonds. The fourth-order valence-corrected chi connectivity index (χ4v) is 2.61. The summed E-state index contributed by atoms with van der Waals surface area (Å²) >= 11 is 0. The van der Waals surface area contributed by atoms with Gasteiger partial charge in [-0.1, -0.05) is 12.8 Å². The quantitative estimate of drug-likeness (QED) is 0.704. The Morgan fingerprint density at radius 3 is 2.80 bits per heavy atom. The fourth-order valence-electron chi connectivity index (χ4n) is 2.61. The first-order chi connectivity index (χ1) is 7.26. The highest BCUT2D eigenvalue weighted by Crippen LogP contribution is 2.34. The van der Waals surface area contributed by atoms with Crippen molar-refractivity contribution in [2.75, 3.05) is 13.1 Å². The van der Waals surface area contributed by atoms with Gasteiger partial charge in [-0.05, 0) is 32.1 Å². The van der Waals surface area contributed by atoms with Gasteiger partial charge in [0.05, 0.1) is 6.04 Å². The van der Waals surface area contributed by atoms with Crippen molar-refractivity contribution in [2.24, 2.45) is 5.92 Å². The van der Waals surface area contributed by atoms with E-state index in [9.17, 15) is 0 Å². The lowest BCUT2D eigenvalue weighted by atomic mass is 10.0. The van der Waals surface area contributed by atoms with Gasteiger partial charge in [-0.15, -0.1) is 6.42 Å². The van der Waals surface area contributed by atoms with Gasteiger partial charge in [0.25, 0.3) is 0 Å². The van der Waals surface area contributed by atoms with E-state index in [4.69, 9.17) is 6.42 Å². The van der Waals surface area contributed by atoms with Crippen LogP contribution in [0.1, 0.15) is 33.1 Å².